The molecule has 1 spiro atoms. The van der Waals surface area contributed by atoms with Crippen LogP contribution in [-0.4, -0.2) is 32.0 Å². The van der Waals surface area contributed by atoms with Gasteiger partial charge in [0.05, 0.1) is 11.5 Å². The van der Waals surface area contributed by atoms with Crippen molar-refractivity contribution in [2.24, 2.45) is 0 Å². The predicted octanol–water partition coefficient (Wildman–Crippen LogP) is -0.0729. The lowest BCUT2D eigenvalue weighted by atomic mass is 9.97. The van der Waals surface area contributed by atoms with Crippen molar-refractivity contribution in [3.63, 3.8) is 0 Å². The summed E-state index contributed by atoms with van der Waals surface area (Å²) in [7, 11) is -2.70. The molecule has 0 aromatic heterocycles. The summed E-state index contributed by atoms with van der Waals surface area (Å²) in [5, 5.41) is 3.31. The minimum atomic E-state index is -2.70. The Morgan fingerprint density at radius 1 is 1.27 bits per heavy atom. The topological polar surface area (TPSA) is 46.2 Å². The zero-order chi connectivity index (χ0) is 7.95. The van der Waals surface area contributed by atoms with Crippen LogP contribution in [0.25, 0.3) is 0 Å². The van der Waals surface area contributed by atoms with Gasteiger partial charge < -0.3 is 5.32 Å². The maximum Gasteiger partial charge on any atom is 0.152 e. The molecular weight excluding hydrogens is 162 g/mol. The molecule has 1 N–H and O–H groups in total. The van der Waals surface area contributed by atoms with Gasteiger partial charge in [0.25, 0.3) is 0 Å². The molecule has 1 atom stereocenters. The quantitative estimate of drug-likeness (QED) is 0.560. The molecule has 0 aromatic rings. The van der Waals surface area contributed by atoms with Gasteiger partial charge in [-0.2, -0.15) is 0 Å². The van der Waals surface area contributed by atoms with Gasteiger partial charge in [0.15, 0.2) is 9.84 Å². The summed E-state index contributed by atoms with van der Waals surface area (Å²) in [5.74, 6) is 0.764. The first kappa shape index (κ1) is 7.55. The van der Waals surface area contributed by atoms with E-state index in [9.17, 15) is 8.42 Å². The van der Waals surface area contributed by atoms with Gasteiger partial charge in [-0.25, -0.2) is 8.42 Å². The van der Waals surface area contributed by atoms with Gasteiger partial charge in [0, 0.05) is 5.54 Å². The maximum absolute atomic E-state index is 11.2. The van der Waals surface area contributed by atoms with Crippen LogP contribution in [0.15, 0.2) is 0 Å². The van der Waals surface area contributed by atoms with E-state index in [0.29, 0.717) is 11.5 Å². The Morgan fingerprint density at radius 2 is 2.09 bits per heavy atom. The van der Waals surface area contributed by atoms with E-state index in [-0.39, 0.29) is 5.54 Å². The molecule has 0 saturated carbocycles. The minimum absolute atomic E-state index is 0.0150. The van der Waals surface area contributed by atoms with Gasteiger partial charge in [0.1, 0.15) is 0 Å². The zero-order valence-corrected chi connectivity index (χ0v) is 7.28. The molecule has 2 rings (SSSR count). The molecule has 4 heteroatoms. The molecular formula is C7H13NO2S. The molecule has 0 aliphatic carbocycles. The van der Waals surface area contributed by atoms with E-state index in [0.717, 1.165) is 25.8 Å². The Hall–Kier alpha value is -0.0900. The Bertz CT molecular complexity index is 252. The molecule has 3 nitrogen and oxygen atoms in total. The average Bonchev–Trinajstić information content (AvgIpc) is 2.43. The first-order chi connectivity index (χ1) is 5.12. The van der Waals surface area contributed by atoms with E-state index in [2.05, 4.69) is 5.32 Å². The van der Waals surface area contributed by atoms with Crippen LogP contribution in [0.3, 0.4) is 0 Å². The van der Waals surface area contributed by atoms with Crippen LogP contribution in [0, 0.1) is 0 Å². The van der Waals surface area contributed by atoms with E-state index < -0.39 is 9.84 Å². The molecule has 2 aliphatic heterocycles. The highest BCUT2D eigenvalue weighted by Crippen LogP contribution is 2.31. The third kappa shape index (κ3) is 1.29. The van der Waals surface area contributed by atoms with Crippen LogP contribution in [-0.2, 0) is 9.84 Å². The summed E-state index contributed by atoms with van der Waals surface area (Å²) >= 11 is 0. The van der Waals surface area contributed by atoms with E-state index >= 15 is 0 Å². The van der Waals surface area contributed by atoms with Gasteiger partial charge in [-0.1, -0.05) is 0 Å². The fourth-order valence-electron chi connectivity index (χ4n) is 2.12. The highest BCUT2D eigenvalue weighted by atomic mass is 32.2. The van der Waals surface area contributed by atoms with Crippen molar-refractivity contribution in [2.45, 2.75) is 24.8 Å². The number of sulfone groups is 1. The van der Waals surface area contributed by atoms with Gasteiger partial charge >= 0.3 is 0 Å². The Kier molecular flexibility index (Phi) is 1.51. The van der Waals surface area contributed by atoms with Crippen LogP contribution in [0.1, 0.15) is 19.3 Å². The maximum atomic E-state index is 11.2. The fraction of sp³-hybridized carbons (Fsp3) is 1.00. The van der Waals surface area contributed by atoms with Crippen LogP contribution in [0.2, 0.25) is 0 Å². The van der Waals surface area contributed by atoms with Crippen molar-refractivity contribution in [1.82, 2.24) is 5.32 Å². The number of nitrogens with one attached hydrogen (secondary N) is 1. The standard InChI is InChI=1S/C7H13NO2S/c9-11(10)5-3-7(6-11)2-1-4-8-7/h8H,1-6H2/t7-/m0/s1. The minimum Gasteiger partial charge on any atom is -0.310 e. The molecule has 2 fully saturated rings. The van der Waals surface area contributed by atoms with Crippen molar-refractivity contribution in [3.8, 4) is 0 Å². The summed E-state index contributed by atoms with van der Waals surface area (Å²) in [5.41, 5.74) is -0.0150. The van der Waals surface area contributed by atoms with Gasteiger partial charge in [0.2, 0.25) is 0 Å². The zero-order valence-electron chi connectivity index (χ0n) is 6.47. The molecule has 2 saturated heterocycles. The third-order valence-corrected chi connectivity index (χ3v) is 4.54. The van der Waals surface area contributed by atoms with E-state index in [4.69, 9.17) is 0 Å². The van der Waals surface area contributed by atoms with Crippen molar-refractivity contribution in [1.29, 1.82) is 0 Å². The van der Waals surface area contributed by atoms with Crippen LogP contribution in [0.4, 0.5) is 0 Å². The molecule has 0 amide bonds. The number of hydrogen-bond acceptors (Lipinski definition) is 3. The molecule has 0 aromatic carbocycles. The molecule has 2 aliphatic rings. The second-order valence-corrected chi connectivity index (χ2v) is 5.84. The highest BCUT2D eigenvalue weighted by molar-refractivity contribution is 7.91. The van der Waals surface area contributed by atoms with Crippen molar-refractivity contribution >= 4 is 9.84 Å². The second kappa shape index (κ2) is 2.20. The first-order valence-corrected chi connectivity index (χ1v) is 5.90. The molecule has 0 bridgehead atoms. The van der Waals surface area contributed by atoms with E-state index in [1.807, 2.05) is 0 Å². The average molecular weight is 175 g/mol. The van der Waals surface area contributed by atoms with Crippen LogP contribution >= 0.6 is 0 Å². The summed E-state index contributed by atoms with van der Waals surface area (Å²) in [6.07, 6.45) is 3.01. The van der Waals surface area contributed by atoms with Crippen molar-refractivity contribution < 1.29 is 8.42 Å². The lowest BCUT2D eigenvalue weighted by Crippen LogP contribution is -2.40. The van der Waals surface area contributed by atoms with Gasteiger partial charge in [-0.05, 0) is 25.8 Å². The van der Waals surface area contributed by atoms with E-state index in [1.54, 1.807) is 0 Å². The predicted molar refractivity (Wildman–Crippen MR) is 43.2 cm³/mol. The summed E-state index contributed by atoms with van der Waals surface area (Å²) in [6, 6.07) is 0. The van der Waals surface area contributed by atoms with Crippen LogP contribution in [0.5, 0.6) is 0 Å². The SMILES string of the molecule is O=S1(=O)CC[C@@]2(CCCN2)C1. The summed E-state index contributed by atoms with van der Waals surface area (Å²) in [4.78, 5) is 0. The summed E-state index contributed by atoms with van der Waals surface area (Å²) in [6.45, 7) is 0.996. The Labute approximate surface area is 67.1 Å². The van der Waals surface area contributed by atoms with Crippen LogP contribution < -0.4 is 5.32 Å². The molecule has 2 heterocycles. The first-order valence-electron chi connectivity index (χ1n) is 4.07. The fourth-order valence-corrected chi connectivity index (χ4v) is 4.20. The number of rotatable bonds is 0. The van der Waals surface area contributed by atoms with Gasteiger partial charge in [-0.15, -0.1) is 0 Å². The Balaban J connectivity index is 2.20. The Morgan fingerprint density at radius 3 is 2.55 bits per heavy atom. The summed E-state index contributed by atoms with van der Waals surface area (Å²) < 4.78 is 22.3. The third-order valence-electron chi connectivity index (χ3n) is 2.72. The normalized spacial score (nSPS) is 41.8. The van der Waals surface area contributed by atoms with Crippen molar-refractivity contribution in [2.75, 3.05) is 18.1 Å². The molecule has 0 radical (unpaired) electrons. The van der Waals surface area contributed by atoms with E-state index in [1.165, 1.54) is 0 Å². The largest absolute Gasteiger partial charge is 0.310 e. The lowest BCUT2D eigenvalue weighted by Gasteiger charge is -2.20. The monoisotopic (exact) mass is 175 g/mol. The van der Waals surface area contributed by atoms with Crippen molar-refractivity contribution in [3.05, 3.63) is 0 Å². The molecule has 64 valence electrons. The van der Waals surface area contributed by atoms with Gasteiger partial charge in [-0.3, -0.25) is 0 Å². The molecule has 11 heavy (non-hydrogen) atoms. The number of hydrogen-bond donors (Lipinski definition) is 1. The smallest absolute Gasteiger partial charge is 0.152 e. The second-order valence-electron chi connectivity index (χ2n) is 3.65. The highest BCUT2D eigenvalue weighted by Gasteiger charge is 2.43. The lowest BCUT2D eigenvalue weighted by molar-refractivity contribution is 0.425. The molecule has 0 unspecified atom stereocenters.